The molecular formula is C25H28FN3O5S. The number of hydrogen-bond acceptors (Lipinski definition) is 6. The molecule has 35 heavy (non-hydrogen) atoms. The average molecular weight is 502 g/mol. The van der Waals surface area contributed by atoms with E-state index in [1.165, 1.54) is 66.9 Å². The van der Waals surface area contributed by atoms with Crippen molar-refractivity contribution < 1.29 is 27.1 Å². The van der Waals surface area contributed by atoms with E-state index in [1.807, 2.05) is 0 Å². The van der Waals surface area contributed by atoms with E-state index in [4.69, 9.17) is 9.47 Å². The lowest BCUT2D eigenvalue weighted by molar-refractivity contribution is 0.0285. The van der Waals surface area contributed by atoms with Crippen LogP contribution in [0.5, 0.6) is 5.75 Å². The molecule has 0 saturated heterocycles. The Morgan fingerprint density at radius 1 is 1.23 bits per heavy atom. The maximum Gasteiger partial charge on any atom is 0.410 e. The molecule has 0 radical (unpaired) electrons. The molecule has 1 amide bonds. The van der Waals surface area contributed by atoms with E-state index >= 15 is 0 Å². The number of pyridine rings is 1. The standard InChI is InChI=1S/C25H28FN3O5S/c1-6-11-33-19-13-20(15-27-14-19)35(31,32)29-17-18(16-28(5)24(30)34-25(2,3)4)12-23(29)21-9-7-8-10-22(21)26/h6-10,12-15,17H,1,11,16H2,2-5H3. The number of amides is 1. The largest absolute Gasteiger partial charge is 0.488 e. The fourth-order valence-corrected chi connectivity index (χ4v) is 4.58. The van der Waals surface area contributed by atoms with Gasteiger partial charge in [0.25, 0.3) is 10.0 Å². The molecule has 0 aliphatic heterocycles. The van der Waals surface area contributed by atoms with Gasteiger partial charge < -0.3 is 14.4 Å². The van der Waals surface area contributed by atoms with Crippen LogP contribution in [0.2, 0.25) is 0 Å². The van der Waals surface area contributed by atoms with Crippen LogP contribution in [0.1, 0.15) is 26.3 Å². The summed E-state index contributed by atoms with van der Waals surface area (Å²) >= 11 is 0. The molecule has 2 heterocycles. The number of carbonyl (C=O) groups excluding carboxylic acids is 1. The van der Waals surface area contributed by atoms with Crippen LogP contribution in [-0.4, -0.2) is 47.6 Å². The van der Waals surface area contributed by atoms with Gasteiger partial charge in [0, 0.05) is 31.1 Å². The van der Waals surface area contributed by atoms with Crippen molar-refractivity contribution in [1.82, 2.24) is 13.9 Å². The highest BCUT2D eigenvalue weighted by Gasteiger charge is 2.26. The van der Waals surface area contributed by atoms with E-state index in [-0.39, 0.29) is 35.1 Å². The maximum absolute atomic E-state index is 14.7. The zero-order valence-corrected chi connectivity index (χ0v) is 20.9. The second-order valence-electron chi connectivity index (χ2n) is 8.81. The first-order valence-electron chi connectivity index (χ1n) is 10.8. The molecule has 0 aliphatic carbocycles. The van der Waals surface area contributed by atoms with E-state index in [0.717, 1.165) is 3.97 Å². The number of aromatic nitrogens is 2. The van der Waals surface area contributed by atoms with Crippen LogP contribution in [0, 0.1) is 5.82 Å². The highest BCUT2D eigenvalue weighted by atomic mass is 32.2. The molecule has 0 atom stereocenters. The van der Waals surface area contributed by atoms with Crippen LogP contribution in [0.15, 0.2) is 72.5 Å². The maximum atomic E-state index is 14.7. The smallest absolute Gasteiger partial charge is 0.410 e. The molecule has 10 heteroatoms. The van der Waals surface area contributed by atoms with E-state index in [2.05, 4.69) is 11.6 Å². The Morgan fingerprint density at radius 3 is 2.60 bits per heavy atom. The molecular weight excluding hydrogens is 473 g/mol. The Hall–Kier alpha value is -3.66. The van der Waals surface area contributed by atoms with Crippen LogP contribution in [-0.2, 0) is 21.3 Å². The number of nitrogens with zero attached hydrogens (tertiary/aromatic N) is 3. The lowest BCUT2D eigenvalue weighted by atomic mass is 10.1. The van der Waals surface area contributed by atoms with Gasteiger partial charge in [-0.3, -0.25) is 4.98 Å². The minimum atomic E-state index is -4.20. The average Bonchev–Trinajstić information content (AvgIpc) is 3.21. The quantitative estimate of drug-likeness (QED) is 0.410. The van der Waals surface area contributed by atoms with Crippen molar-refractivity contribution in [3.63, 3.8) is 0 Å². The first-order chi connectivity index (χ1) is 16.4. The number of rotatable bonds is 8. The predicted molar refractivity (Wildman–Crippen MR) is 130 cm³/mol. The molecule has 0 N–H and O–H groups in total. The van der Waals surface area contributed by atoms with Crippen LogP contribution in [0.25, 0.3) is 11.3 Å². The lowest BCUT2D eigenvalue weighted by Gasteiger charge is -2.24. The summed E-state index contributed by atoms with van der Waals surface area (Å²) in [5.41, 5.74) is -0.0282. The van der Waals surface area contributed by atoms with E-state index < -0.39 is 27.5 Å². The van der Waals surface area contributed by atoms with Crippen molar-refractivity contribution in [1.29, 1.82) is 0 Å². The van der Waals surface area contributed by atoms with Gasteiger partial charge in [0.2, 0.25) is 0 Å². The molecule has 186 valence electrons. The van der Waals surface area contributed by atoms with Gasteiger partial charge in [0.1, 0.15) is 28.7 Å². The van der Waals surface area contributed by atoms with E-state index in [0.29, 0.717) is 5.56 Å². The fourth-order valence-electron chi connectivity index (χ4n) is 3.21. The third-order valence-corrected chi connectivity index (χ3v) is 6.37. The minimum Gasteiger partial charge on any atom is -0.488 e. The SMILES string of the molecule is C=CCOc1cncc(S(=O)(=O)n2cc(CN(C)C(=O)OC(C)(C)C)cc2-c2ccccc2F)c1. The van der Waals surface area contributed by atoms with Gasteiger partial charge in [0.15, 0.2) is 0 Å². The second-order valence-corrected chi connectivity index (χ2v) is 10.6. The molecule has 8 nitrogen and oxygen atoms in total. The predicted octanol–water partition coefficient (Wildman–Crippen LogP) is 4.86. The van der Waals surface area contributed by atoms with Crippen LogP contribution >= 0.6 is 0 Å². The first-order valence-corrected chi connectivity index (χ1v) is 12.2. The molecule has 3 aromatic rings. The van der Waals surface area contributed by atoms with Gasteiger partial charge in [0.05, 0.1) is 18.4 Å². The van der Waals surface area contributed by atoms with Crippen molar-refractivity contribution in [2.24, 2.45) is 0 Å². The Bertz CT molecular complexity index is 1330. The van der Waals surface area contributed by atoms with Gasteiger partial charge in [-0.2, -0.15) is 0 Å². The highest BCUT2D eigenvalue weighted by molar-refractivity contribution is 7.90. The Labute approximate surface area is 204 Å². The monoisotopic (exact) mass is 501 g/mol. The zero-order chi connectivity index (χ0) is 25.8. The summed E-state index contributed by atoms with van der Waals surface area (Å²) in [5, 5.41) is 0. The molecule has 0 fully saturated rings. The number of ether oxygens (including phenoxy) is 2. The number of hydrogen-bond donors (Lipinski definition) is 0. The fraction of sp³-hybridized carbons (Fsp3) is 0.280. The van der Waals surface area contributed by atoms with Crippen LogP contribution in [0.3, 0.4) is 0 Å². The van der Waals surface area contributed by atoms with Gasteiger partial charge in [-0.25, -0.2) is 21.6 Å². The van der Waals surface area contributed by atoms with Crippen molar-refractivity contribution >= 4 is 16.1 Å². The number of halogens is 1. The summed E-state index contributed by atoms with van der Waals surface area (Å²) in [6, 6.07) is 8.73. The van der Waals surface area contributed by atoms with Gasteiger partial charge >= 0.3 is 6.09 Å². The van der Waals surface area contributed by atoms with Crippen molar-refractivity contribution in [3.8, 4) is 17.0 Å². The van der Waals surface area contributed by atoms with Crippen molar-refractivity contribution in [2.45, 2.75) is 37.8 Å². The summed E-state index contributed by atoms with van der Waals surface area (Å²) < 4.78 is 53.7. The Balaban J connectivity index is 2.06. The Morgan fingerprint density at radius 2 is 1.94 bits per heavy atom. The molecule has 0 spiro atoms. The molecule has 3 rings (SSSR count). The summed E-state index contributed by atoms with van der Waals surface area (Å²) in [5.74, 6) is -0.342. The first kappa shape index (κ1) is 26.0. The third kappa shape index (κ3) is 6.27. The highest BCUT2D eigenvalue weighted by Crippen LogP contribution is 2.30. The van der Waals surface area contributed by atoms with Gasteiger partial charge in [-0.05, 0) is 44.5 Å². The Kier molecular flexibility index (Phi) is 7.64. The molecule has 0 aliphatic rings. The van der Waals surface area contributed by atoms with Crippen molar-refractivity contribution in [3.05, 3.63) is 79.0 Å². The second kappa shape index (κ2) is 10.3. The molecule has 0 saturated carbocycles. The third-order valence-electron chi connectivity index (χ3n) is 4.73. The van der Waals surface area contributed by atoms with Crippen LogP contribution in [0.4, 0.5) is 9.18 Å². The summed E-state index contributed by atoms with van der Waals surface area (Å²) in [7, 11) is -2.66. The zero-order valence-electron chi connectivity index (χ0n) is 20.1. The molecule has 1 aromatic carbocycles. The number of benzene rings is 1. The number of carbonyl (C=O) groups is 1. The van der Waals surface area contributed by atoms with E-state index in [9.17, 15) is 17.6 Å². The summed E-state index contributed by atoms with van der Waals surface area (Å²) in [4.78, 5) is 17.6. The van der Waals surface area contributed by atoms with Crippen LogP contribution < -0.4 is 4.74 Å². The summed E-state index contributed by atoms with van der Waals surface area (Å²) in [6.07, 6.45) is 4.88. The normalized spacial score (nSPS) is 11.7. The lowest BCUT2D eigenvalue weighted by Crippen LogP contribution is -2.33. The van der Waals surface area contributed by atoms with E-state index in [1.54, 1.807) is 26.8 Å². The minimum absolute atomic E-state index is 0.0413. The molecule has 2 aromatic heterocycles. The topological polar surface area (TPSA) is 90.7 Å². The van der Waals surface area contributed by atoms with Crippen molar-refractivity contribution in [2.75, 3.05) is 13.7 Å². The molecule has 0 bridgehead atoms. The summed E-state index contributed by atoms with van der Waals surface area (Å²) in [6.45, 7) is 9.03. The molecule has 0 unspecified atom stereocenters. The van der Waals surface area contributed by atoms with Gasteiger partial charge in [-0.1, -0.05) is 24.8 Å². The van der Waals surface area contributed by atoms with Gasteiger partial charge in [-0.15, -0.1) is 0 Å².